The third-order valence-electron chi connectivity index (χ3n) is 4.44. The molecule has 3 rings (SSSR count). The van der Waals surface area contributed by atoms with Crippen LogP contribution in [0.4, 0.5) is 5.69 Å². The van der Waals surface area contributed by atoms with Crippen molar-refractivity contribution in [3.05, 3.63) is 83.8 Å². The van der Waals surface area contributed by atoms with Gasteiger partial charge in [-0.1, -0.05) is 35.4 Å². The maximum atomic E-state index is 13.3. The summed E-state index contributed by atoms with van der Waals surface area (Å²) in [6.45, 7) is 3.89. The van der Waals surface area contributed by atoms with Crippen LogP contribution >= 0.6 is 0 Å². The summed E-state index contributed by atoms with van der Waals surface area (Å²) in [5.74, 6) is 0.639. The van der Waals surface area contributed by atoms with E-state index in [1.165, 1.54) is 4.31 Å². The zero-order valence-corrected chi connectivity index (χ0v) is 17.3. The maximum absolute atomic E-state index is 13.3. The number of nitrogens with zero attached hydrogens (tertiary/aromatic N) is 1. The predicted molar refractivity (Wildman–Crippen MR) is 111 cm³/mol. The van der Waals surface area contributed by atoms with Gasteiger partial charge in [-0.3, -0.25) is 4.31 Å². The summed E-state index contributed by atoms with van der Waals surface area (Å²) < 4.78 is 38.4. The van der Waals surface area contributed by atoms with Crippen LogP contribution in [-0.2, 0) is 21.4 Å². The fourth-order valence-corrected chi connectivity index (χ4v) is 4.33. The lowest BCUT2D eigenvalue weighted by atomic mass is 10.2. The van der Waals surface area contributed by atoms with Gasteiger partial charge >= 0.3 is 0 Å². The first kappa shape index (κ1) is 21.1. The van der Waals surface area contributed by atoms with Gasteiger partial charge in [0.1, 0.15) is 12.4 Å². The summed E-state index contributed by atoms with van der Waals surface area (Å²) in [7, 11) is -3.85. The number of rotatable bonds is 9. The summed E-state index contributed by atoms with van der Waals surface area (Å²) in [5.41, 5.74) is 2.47. The van der Waals surface area contributed by atoms with Crippen LogP contribution in [0, 0.1) is 13.8 Å². The van der Waals surface area contributed by atoms with Crippen molar-refractivity contribution in [3.8, 4) is 0 Å². The number of aryl methyl sites for hydroxylation is 2. The van der Waals surface area contributed by atoms with Crippen molar-refractivity contribution < 1.29 is 22.7 Å². The summed E-state index contributed by atoms with van der Waals surface area (Å²) >= 11 is 0. The van der Waals surface area contributed by atoms with Gasteiger partial charge in [-0.2, -0.15) is 0 Å². The van der Waals surface area contributed by atoms with Crippen molar-refractivity contribution in [2.45, 2.75) is 31.5 Å². The molecule has 0 bridgehead atoms. The van der Waals surface area contributed by atoms with Crippen molar-refractivity contribution in [2.24, 2.45) is 0 Å². The highest BCUT2D eigenvalue weighted by Gasteiger charge is 2.27. The second-order valence-electron chi connectivity index (χ2n) is 6.93. The number of ether oxygens (including phenoxy) is 1. The van der Waals surface area contributed by atoms with Gasteiger partial charge in [0, 0.05) is 0 Å². The van der Waals surface area contributed by atoms with Crippen LogP contribution in [0.3, 0.4) is 0 Å². The van der Waals surface area contributed by atoms with Crippen LogP contribution in [-0.4, -0.2) is 32.8 Å². The first-order chi connectivity index (χ1) is 13.9. The van der Waals surface area contributed by atoms with Gasteiger partial charge in [-0.25, -0.2) is 8.42 Å². The second-order valence-corrected chi connectivity index (χ2v) is 8.80. The molecule has 0 unspecified atom stereocenters. The standard InChI is InChI=1S/C22H25NO5S/c1-17-5-9-19(10-6-17)23(29(25,26)22-11-7-18(2)8-12-22)14-20(24)15-27-16-21-4-3-13-28-21/h3-13,20,24H,14-16H2,1-2H3/t20-/m1/s1. The molecule has 0 aliphatic rings. The van der Waals surface area contributed by atoms with Gasteiger partial charge in [0.15, 0.2) is 0 Å². The van der Waals surface area contributed by atoms with E-state index in [1.54, 1.807) is 54.8 Å². The quantitative estimate of drug-likeness (QED) is 0.577. The Morgan fingerprint density at radius 2 is 1.62 bits per heavy atom. The number of furan rings is 1. The summed E-state index contributed by atoms with van der Waals surface area (Å²) in [6, 6.07) is 17.3. The predicted octanol–water partition coefficient (Wildman–Crippen LogP) is 3.67. The number of sulfonamides is 1. The van der Waals surface area contributed by atoms with Gasteiger partial charge in [0.05, 0.1) is 36.1 Å². The fraction of sp³-hybridized carbons (Fsp3) is 0.273. The van der Waals surface area contributed by atoms with Gasteiger partial charge in [-0.15, -0.1) is 0 Å². The molecule has 0 aliphatic heterocycles. The molecule has 6 nitrogen and oxygen atoms in total. The minimum atomic E-state index is -3.85. The van der Waals surface area contributed by atoms with E-state index in [2.05, 4.69) is 0 Å². The molecule has 0 fully saturated rings. The van der Waals surface area contributed by atoms with Crippen molar-refractivity contribution in [1.29, 1.82) is 0 Å². The molecule has 0 amide bonds. The van der Waals surface area contributed by atoms with Gasteiger partial charge in [0.2, 0.25) is 0 Å². The summed E-state index contributed by atoms with van der Waals surface area (Å²) in [4.78, 5) is 0.173. The monoisotopic (exact) mass is 415 g/mol. The lowest BCUT2D eigenvalue weighted by molar-refractivity contribution is 0.0269. The molecule has 0 spiro atoms. The Morgan fingerprint density at radius 1 is 1.00 bits per heavy atom. The molecule has 2 aromatic carbocycles. The van der Waals surface area contributed by atoms with E-state index in [0.717, 1.165) is 11.1 Å². The van der Waals surface area contributed by atoms with Crippen LogP contribution in [0.2, 0.25) is 0 Å². The van der Waals surface area contributed by atoms with Crippen molar-refractivity contribution in [3.63, 3.8) is 0 Å². The van der Waals surface area contributed by atoms with Crippen molar-refractivity contribution in [2.75, 3.05) is 17.5 Å². The van der Waals surface area contributed by atoms with Crippen LogP contribution in [0.25, 0.3) is 0 Å². The molecule has 3 aromatic rings. The molecule has 7 heteroatoms. The van der Waals surface area contributed by atoms with Crippen molar-refractivity contribution >= 4 is 15.7 Å². The molecular formula is C22H25NO5S. The minimum Gasteiger partial charge on any atom is -0.467 e. The molecule has 0 saturated carbocycles. The van der Waals surface area contributed by atoms with Crippen LogP contribution in [0.1, 0.15) is 16.9 Å². The van der Waals surface area contributed by atoms with Crippen LogP contribution in [0.5, 0.6) is 0 Å². The van der Waals surface area contributed by atoms with E-state index in [-0.39, 0.29) is 24.7 Å². The molecule has 0 saturated heterocycles. The Morgan fingerprint density at radius 3 is 2.21 bits per heavy atom. The van der Waals surface area contributed by atoms with Gasteiger partial charge in [0.25, 0.3) is 10.0 Å². The van der Waals surface area contributed by atoms with E-state index in [4.69, 9.17) is 9.15 Å². The Kier molecular flexibility index (Phi) is 6.74. The Bertz CT molecular complexity index is 996. The highest BCUT2D eigenvalue weighted by Crippen LogP contribution is 2.25. The molecular weight excluding hydrogens is 390 g/mol. The van der Waals surface area contributed by atoms with Gasteiger partial charge in [-0.05, 0) is 50.2 Å². The first-order valence-corrected chi connectivity index (χ1v) is 10.7. The molecule has 29 heavy (non-hydrogen) atoms. The molecule has 1 heterocycles. The first-order valence-electron chi connectivity index (χ1n) is 9.30. The number of hydrogen-bond donors (Lipinski definition) is 1. The van der Waals surface area contributed by atoms with E-state index in [9.17, 15) is 13.5 Å². The minimum absolute atomic E-state index is 0.0214. The zero-order chi connectivity index (χ0) is 20.9. The Balaban J connectivity index is 1.79. The van der Waals surface area contributed by atoms with Crippen LogP contribution < -0.4 is 4.31 Å². The number of hydrogen-bond acceptors (Lipinski definition) is 5. The zero-order valence-electron chi connectivity index (χ0n) is 16.5. The number of aliphatic hydroxyl groups excluding tert-OH is 1. The highest BCUT2D eigenvalue weighted by atomic mass is 32.2. The molecule has 154 valence electrons. The Labute approximate surface area is 171 Å². The fourth-order valence-electron chi connectivity index (χ4n) is 2.83. The van der Waals surface area contributed by atoms with E-state index >= 15 is 0 Å². The van der Waals surface area contributed by atoms with E-state index in [0.29, 0.717) is 11.4 Å². The lowest BCUT2D eigenvalue weighted by Crippen LogP contribution is -2.39. The molecule has 0 radical (unpaired) electrons. The third-order valence-corrected chi connectivity index (χ3v) is 6.25. The number of benzene rings is 2. The summed E-state index contributed by atoms with van der Waals surface area (Å²) in [5, 5.41) is 10.5. The van der Waals surface area contributed by atoms with Crippen molar-refractivity contribution in [1.82, 2.24) is 0 Å². The second kappa shape index (κ2) is 9.26. The maximum Gasteiger partial charge on any atom is 0.264 e. The van der Waals surface area contributed by atoms with E-state index in [1.807, 2.05) is 26.0 Å². The normalized spacial score (nSPS) is 12.7. The number of aliphatic hydroxyl groups is 1. The number of anilines is 1. The Hall–Kier alpha value is -2.61. The molecule has 1 N–H and O–H groups in total. The molecule has 1 atom stereocenters. The molecule has 0 aliphatic carbocycles. The van der Waals surface area contributed by atoms with Gasteiger partial charge < -0.3 is 14.3 Å². The topological polar surface area (TPSA) is 80.0 Å². The average Bonchev–Trinajstić information content (AvgIpc) is 3.21. The largest absolute Gasteiger partial charge is 0.467 e. The van der Waals surface area contributed by atoms with Crippen LogP contribution in [0.15, 0.2) is 76.2 Å². The molecule has 1 aromatic heterocycles. The highest BCUT2D eigenvalue weighted by molar-refractivity contribution is 7.92. The lowest BCUT2D eigenvalue weighted by Gasteiger charge is -2.27. The SMILES string of the molecule is Cc1ccc(N(C[C@@H](O)COCc2ccco2)S(=O)(=O)c2ccc(C)cc2)cc1. The average molecular weight is 416 g/mol. The van der Waals surface area contributed by atoms with E-state index < -0.39 is 16.1 Å². The third kappa shape index (κ3) is 5.47. The smallest absolute Gasteiger partial charge is 0.264 e. The summed E-state index contributed by atoms with van der Waals surface area (Å²) in [6.07, 6.45) is 0.536.